The van der Waals surface area contributed by atoms with Gasteiger partial charge in [-0.1, -0.05) is 61.8 Å². The number of anilines is 1. The van der Waals surface area contributed by atoms with Crippen molar-refractivity contribution in [3.63, 3.8) is 0 Å². The van der Waals surface area contributed by atoms with Crippen LogP contribution < -0.4 is 4.31 Å². The lowest BCUT2D eigenvalue weighted by Gasteiger charge is -2.43. The second-order valence-electron chi connectivity index (χ2n) is 7.67. The standard InChI is InChI=1S/C22H22ClF3NO5PS/c1-3-21(4-2,33(28,29)30)27(20-11-7-9-15-8-5-6-10-19(15)20)34(31,32)18-13-16(22(24,25)26)12-17(23)14-18/h5-14H,3-4H2,1-2H3,(H2,28,29,30). The summed E-state index contributed by atoms with van der Waals surface area (Å²) in [6.07, 6.45) is -5.53. The number of nitrogens with zero attached hydrogens (tertiary/aromatic N) is 1. The molecule has 0 aliphatic heterocycles. The molecular weight excluding hydrogens is 514 g/mol. The smallest absolute Gasteiger partial charge is 0.323 e. The van der Waals surface area contributed by atoms with E-state index < -0.39 is 44.6 Å². The van der Waals surface area contributed by atoms with Gasteiger partial charge in [-0.25, -0.2) is 12.7 Å². The summed E-state index contributed by atoms with van der Waals surface area (Å²) in [5.41, 5.74) is -1.37. The maximum Gasteiger partial charge on any atom is 0.416 e. The van der Waals surface area contributed by atoms with Crippen molar-refractivity contribution < 1.29 is 35.9 Å². The number of fused-ring (bicyclic) bond motifs is 1. The molecule has 0 aliphatic carbocycles. The number of rotatable bonds is 7. The van der Waals surface area contributed by atoms with Gasteiger partial charge in [0.25, 0.3) is 10.0 Å². The molecule has 0 saturated heterocycles. The van der Waals surface area contributed by atoms with Crippen molar-refractivity contribution in [1.29, 1.82) is 0 Å². The summed E-state index contributed by atoms with van der Waals surface area (Å²) >= 11 is 5.84. The Bertz CT molecular complexity index is 1370. The molecule has 2 N–H and O–H groups in total. The monoisotopic (exact) mass is 535 g/mol. The predicted molar refractivity (Wildman–Crippen MR) is 125 cm³/mol. The molecule has 0 saturated carbocycles. The molecule has 0 aliphatic rings. The minimum Gasteiger partial charge on any atom is -0.323 e. The lowest BCUT2D eigenvalue weighted by molar-refractivity contribution is -0.137. The predicted octanol–water partition coefficient (Wildman–Crippen LogP) is 6.40. The number of hydrogen-bond donors (Lipinski definition) is 2. The van der Waals surface area contributed by atoms with Crippen LogP contribution in [-0.2, 0) is 20.8 Å². The van der Waals surface area contributed by atoms with E-state index in [0.29, 0.717) is 27.2 Å². The van der Waals surface area contributed by atoms with E-state index in [1.807, 2.05) is 0 Å². The van der Waals surface area contributed by atoms with Crippen LogP contribution in [0.5, 0.6) is 0 Å². The topological polar surface area (TPSA) is 94.9 Å². The second-order valence-corrected chi connectivity index (χ2v) is 11.8. The first-order valence-electron chi connectivity index (χ1n) is 10.2. The van der Waals surface area contributed by atoms with Crippen LogP contribution in [0.25, 0.3) is 10.8 Å². The van der Waals surface area contributed by atoms with Gasteiger partial charge in [-0.3, -0.25) is 4.57 Å². The van der Waals surface area contributed by atoms with Crippen LogP contribution in [0.2, 0.25) is 5.02 Å². The lowest BCUT2D eigenvalue weighted by atomic mass is 10.1. The van der Waals surface area contributed by atoms with Crippen molar-refractivity contribution in [3.8, 4) is 0 Å². The van der Waals surface area contributed by atoms with Crippen molar-refractivity contribution in [2.75, 3.05) is 4.31 Å². The fourth-order valence-corrected chi connectivity index (χ4v) is 8.01. The maximum absolute atomic E-state index is 14.0. The van der Waals surface area contributed by atoms with Crippen LogP contribution in [-0.4, -0.2) is 23.5 Å². The molecule has 3 aromatic carbocycles. The van der Waals surface area contributed by atoms with Crippen LogP contribution in [0.3, 0.4) is 0 Å². The summed E-state index contributed by atoms with van der Waals surface area (Å²) in [4.78, 5) is 19.9. The Morgan fingerprint density at radius 1 is 0.971 bits per heavy atom. The molecule has 0 bridgehead atoms. The average molecular weight is 536 g/mol. The lowest BCUT2D eigenvalue weighted by Crippen LogP contribution is -2.51. The number of benzene rings is 3. The summed E-state index contributed by atoms with van der Waals surface area (Å²) < 4.78 is 81.6. The van der Waals surface area contributed by atoms with Crippen LogP contribution in [0.1, 0.15) is 32.3 Å². The van der Waals surface area contributed by atoms with Crippen LogP contribution >= 0.6 is 19.2 Å². The zero-order valence-electron chi connectivity index (χ0n) is 18.1. The van der Waals surface area contributed by atoms with Gasteiger partial charge in [-0.05, 0) is 42.5 Å². The van der Waals surface area contributed by atoms with Gasteiger partial charge in [0.05, 0.1) is 16.1 Å². The van der Waals surface area contributed by atoms with E-state index in [4.69, 9.17) is 11.6 Å². The highest BCUT2D eigenvalue weighted by molar-refractivity contribution is 7.93. The van der Waals surface area contributed by atoms with Gasteiger partial charge in [0, 0.05) is 10.4 Å². The Hall–Kier alpha value is -2.10. The molecule has 0 spiro atoms. The zero-order valence-corrected chi connectivity index (χ0v) is 20.6. The molecule has 0 aromatic heterocycles. The highest BCUT2D eigenvalue weighted by Gasteiger charge is 2.54. The highest BCUT2D eigenvalue weighted by atomic mass is 35.5. The van der Waals surface area contributed by atoms with Crippen LogP contribution in [0.15, 0.2) is 65.6 Å². The fraction of sp³-hybridized carbons (Fsp3) is 0.273. The molecule has 184 valence electrons. The third-order valence-corrected chi connectivity index (χ3v) is 9.90. The molecule has 12 heteroatoms. The minimum atomic E-state index is -5.19. The molecule has 3 aromatic rings. The maximum atomic E-state index is 14.0. The van der Waals surface area contributed by atoms with Crippen LogP contribution in [0.4, 0.5) is 18.9 Å². The first-order chi connectivity index (χ1) is 15.7. The third kappa shape index (κ3) is 4.57. The largest absolute Gasteiger partial charge is 0.416 e. The van der Waals surface area contributed by atoms with E-state index in [-0.39, 0.29) is 18.5 Å². The molecular formula is C22H22ClF3NO5PS. The quantitative estimate of drug-likeness (QED) is 0.341. The number of halogens is 4. The molecule has 34 heavy (non-hydrogen) atoms. The molecule has 0 unspecified atom stereocenters. The Morgan fingerprint density at radius 2 is 1.56 bits per heavy atom. The second kappa shape index (κ2) is 9.17. The van der Waals surface area contributed by atoms with E-state index in [0.717, 1.165) is 6.07 Å². The summed E-state index contributed by atoms with van der Waals surface area (Å²) in [5.74, 6) is 0. The van der Waals surface area contributed by atoms with Crippen molar-refractivity contribution in [3.05, 3.63) is 71.2 Å². The fourth-order valence-electron chi connectivity index (χ4n) is 4.01. The van der Waals surface area contributed by atoms with E-state index in [1.165, 1.54) is 26.0 Å². The van der Waals surface area contributed by atoms with Gasteiger partial charge in [-0.15, -0.1) is 0 Å². The molecule has 0 atom stereocenters. The first-order valence-corrected chi connectivity index (χ1v) is 13.6. The molecule has 0 heterocycles. The van der Waals surface area contributed by atoms with E-state index >= 15 is 0 Å². The van der Waals surface area contributed by atoms with Gasteiger partial charge in [0.15, 0.2) is 5.28 Å². The van der Waals surface area contributed by atoms with Crippen molar-refractivity contribution in [2.45, 2.75) is 43.0 Å². The first kappa shape index (κ1) is 26.5. The normalized spacial score (nSPS) is 13.3. The Kier molecular flexibility index (Phi) is 7.14. The molecule has 0 fully saturated rings. The number of sulfonamides is 1. The summed E-state index contributed by atoms with van der Waals surface area (Å²) in [5, 5.41) is -1.82. The molecule has 0 radical (unpaired) electrons. The van der Waals surface area contributed by atoms with E-state index in [9.17, 15) is 35.9 Å². The molecule has 3 rings (SSSR count). The van der Waals surface area contributed by atoms with E-state index in [2.05, 4.69) is 0 Å². The zero-order chi connectivity index (χ0) is 25.5. The summed E-state index contributed by atoms with van der Waals surface area (Å²) in [6, 6.07) is 13.0. The number of hydrogen-bond acceptors (Lipinski definition) is 3. The van der Waals surface area contributed by atoms with Crippen LogP contribution in [0, 0.1) is 0 Å². The van der Waals surface area contributed by atoms with Gasteiger partial charge >= 0.3 is 13.8 Å². The van der Waals surface area contributed by atoms with E-state index in [1.54, 1.807) is 30.3 Å². The summed E-state index contributed by atoms with van der Waals surface area (Å²) in [6.45, 7) is 2.82. The molecule has 0 amide bonds. The van der Waals surface area contributed by atoms with Crippen molar-refractivity contribution >= 4 is 45.7 Å². The molecule has 6 nitrogen and oxygen atoms in total. The Morgan fingerprint density at radius 3 is 2.12 bits per heavy atom. The van der Waals surface area contributed by atoms with Gasteiger partial charge in [0.2, 0.25) is 0 Å². The summed E-state index contributed by atoms with van der Waals surface area (Å²) in [7, 11) is -10.1. The van der Waals surface area contributed by atoms with Gasteiger partial charge in [-0.2, -0.15) is 13.2 Å². The van der Waals surface area contributed by atoms with Crippen molar-refractivity contribution in [1.82, 2.24) is 0 Å². The SMILES string of the molecule is CCC(CC)(N(c1cccc2ccccc12)S(=O)(=O)c1cc(Cl)cc(C(F)(F)F)c1)P(=O)(O)O. The number of alkyl halides is 3. The van der Waals surface area contributed by atoms with Gasteiger partial charge < -0.3 is 9.79 Å². The Labute approximate surface area is 200 Å². The highest BCUT2D eigenvalue weighted by Crippen LogP contribution is 2.59. The average Bonchev–Trinajstić information content (AvgIpc) is 2.75. The van der Waals surface area contributed by atoms with Crippen molar-refractivity contribution in [2.24, 2.45) is 0 Å². The third-order valence-electron chi connectivity index (χ3n) is 5.77. The minimum absolute atomic E-state index is 0.0707. The Balaban J connectivity index is 2.46. The van der Waals surface area contributed by atoms with Gasteiger partial charge in [0.1, 0.15) is 0 Å².